The van der Waals surface area contributed by atoms with Gasteiger partial charge >= 0.3 is 5.69 Å². The van der Waals surface area contributed by atoms with Crippen LogP contribution < -0.4 is 5.69 Å². The van der Waals surface area contributed by atoms with Crippen LogP contribution in [-0.4, -0.2) is 14.8 Å². The quantitative estimate of drug-likeness (QED) is 0.929. The molecule has 0 unspecified atom stereocenters. The monoisotopic (exact) mass is 278 g/mol. The predicted molar refractivity (Wildman–Crippen MR) is 68.4 cm³/mol. The van der Waals surface area contributed by atoms with Crippen molar-refractivity contribution in [2.75, 3.05) is 0 Å². The second-order valence-electron chi connectivity index (χ2n) is 3.85. The van der Waals surface area contributed by atoms with Gasteiger partial charge in [0, 0.05) is 11.4 Å². The van der Waals surface area contributed by atoms with Crippen molar-refractivity contribution < 1.29 is 4.39 Å². The molecule has 0 amide bonds. The van der Waals surface area contributed by atoms with Crippen LogP contribution in [-0.2, 0) is 6.54 Å². The molecule has 0 aliphatic carbocycles. The molecule has 7 heteroatoms. The smallest absolute Gasteiger partial charge is 0.270 e. The van der Waals surface area contributed by atoms with Crippen molar-refractivity contribution in [1.82, 2.24) is 14.8 Å². The number of aromatic amines is 1. The van der Waals surface area contributed by atoms with Crippen LogP contribution in [0.1, 0.15) is 18.9 Å². The largest absolute Gasteiger partial charge is 0.343 e. The van der Waals surface area contributed by atoms with E-state index in [1.165, 1.54) is 10.6 Å². The maximum absolute atomic E-state index is 13.3. The Balaban J connectivity index is 2.34. The summed E-state index contributed by atoms with van der Waals surface area (Å²) in [6.07, 6.45) is 0.791. The summed E-state index contributed by atoms with van der Waals surface area (Å²) in [5, 5.41) is 15.5. The van der Waals surface area contributed by atoms with Gasteiger partial charge in [-0.1, -0.05) is 6.92 Å². The van der Waals surface area contributed by atoms with Crippen molar-refractivity contribution >= 4 is 11.8 Å². The number of nitrogens with zero attached hydrogens (tertiary/aromatic N) is 3. The van der Waals surface area contributed by atoms with E-state index in [-0.39, 0.29) is 11.3 Å². The lowest BCUT2D eigenvalue weighted by Gasteiger charge is -2.04. The fourth-order valence-corrected chi connectivity index (χ4v) is 2.54. The molecule has 1 aromatic carbocycles. The third-order valence-electron chi connectivity index (χ3n) is 2.38. The Morgan fingerprint density at radius 3 is 3.00 bits per heavy atom. The fraction of sp³-hybridized carbons (Fsp3) is 0.250. The molecule has 0 saturated heterocycles. The molecule has 0 aliphatic rings. The average molecular weight is 278 g/mol. The zero-order valence-corrected chi connectivity index (χ0v) is 11.0. The summed E-state index contributed by atoms with van der Waals surface area (Å²) < 4.78 is 14.8. The molecule has 1 N–H and O–H groups in total. The van der Waals surface area contributed by atoms with Gasteiger partial charge in [-0.15, -0.1) is 5.10 Å². The lowest BCUT2D eigenvalue weighted by Crippen LogP contribution is -2.17. The Hall–Kier alpha value is -2.07. The molecule has 2 rings (SSSR count). The summed E-state index contributed by atoms with van der Waals surface area (Å²) in [4.78, 5) is 12.1. The van der Waals surface area contributed by atoms with Crippen LogP contribution in [0.3, 0.4) is 0 Å². The van der Waals surface area contributed by atoms with Gasteiger partial charge in [-0.05, 0) is 36.4 Å². The first-order valence-corrected chi connectivity index (χ1v) is 6.49. The number of halogens is 1. The number of nitriles is 1. The van der Waals surface area contributed by atoms with E-state index in [1.807, 2.05) is 13.0 Å². The van der Waals surface area contributed by atoms with Crippen molar-refractivity contribution in [3.8, 4) is 6.07 Å². The predicted octanol–water partition coefficient (Wildman–Crippen LogP) is 2.14. The molecule has 19 heavy (non-hydrogen) atoms. The minimum Gasteiger partial charge on any atom is -0.270 e. The highest BCUT2D eigenvalue weighted by Crippen LogP contribution is 2.26. The van der Waals surface area contributed by atoms with Crippen LogP contribution >= 0.6 is 11.8 Å². The lowest BCUT2D eigenvalue weighted by atomic mass is 10.2. The molecule has 1 heterocycles. The molecule has 0 fully saturated rings. The van der Waals surface area contributed by atoms with Crippen molar-refractivity contribution in [2.24, 2.45) is 0 Å². The van der Waals surface area contributed by atoms with Gasteiger partial charge in [0.2, 0.25) is 0 Å². The van der Waals surface area contributed by atoms with Crippen LogP contribution in [0.15, 0.2) is 33.0 Å². The van der Waals surface area contributed by atoms with Crippen molar-refractivity contribution in [1.29, 1.82) is 5.26 Å². The third-order valence-corrected chi connectivity index (χ3v) is 3.35. The number of hydrogen-bond donors (Lipinski definition) is 1. The van der Waals surface area contributed by atoms with Gasteiger partial charge in [-0.3, -0.25) is 4.57 Å². The van der Waals surface area contributed by atoms with Gasteiger partial charge in [-0.2, -0.15) is 5.26 Å². The SMILES string of the molecule is CCCn1c(Sc2cc(F)cc(C#N)c2)n[nH]c1=O. The first kappa shape index (κ1) is 13.4. The van der Waals surface area contributed by atoms with E-state index in [0.29, 0.717) is 16.6 Å². The lowest BCUT2D eigenvalue weighted by molar-refractivity contribution is 0.603. The minimum absolute atomic E-state index is 0.238. The molecule has 1 aromatic heterocycles. The minimum atomic E-state index is -0.485. The first-order valence-electron chi connectivity index (χ1n) is 5.67. The second kappa shape index (κ2) is 5.71. The number of hydrogen-bond acceptors (Lipinski definition) is 4. The van der Waals surface area contributed by atoms with E-state index in [4.69, 9.17) is 5.26 Å². The number of rotatable bonds is 4. The molecule has 0 saturated carbocycles. The van der Waals surface area contributed by atoms with Crippen LogP contribution in [0.4, 0.5) is 4.39 Å². The molecule has 0 radical (unpaired) electrons. The van der Waals surface area contributed by atoms with E-state index in [9.17, 15) is 9.18 Å². The average Bonchev–Trinajstić information content (AvgIpc) is 2.71. The van der Waals surface area contributed by atoms with E-state index in [2.05, 4.69) is 10.2 Å². The Bertz CT molecular complexity index is 686. The number of H-pyrrole nitrogens is 1. The zero-order chi connectivity index (χ0) is 13.8. The molecule has 5 nitrogen and oxygen atoms in total. The van der Waals surface area contributed by atoms with Gasteiger partial charge in [0.1, 0.15) is 5.82 Å². The van der Waals surface area contributed by atoms with Crippen molar-refractivity contribution in [2.45, 2.75) is 29.9 Å². The van der Waals surface area contributed by atoms with Gasteiger partial charge in [0.05, 0.1) is 11.6 Å². The molecule has 0 aliphatic heterocycles. The molecular formula is C12H11FN4OS. The van der Waals surface area contributed by atoms with Gasteiger partial charge in [-0.25, -0.2) is 14.3 Å². The standard InChI is InChI=1S/C12H11FN4OS/c1-2-3-17-11(18)15-16-12(17)19-10-5-8(7-14)4-9(13)6-10/h4-6H,2-3H2,1H3,(H,15,18). The second-order valence-corrected chi connectivity index (χ2v) is 4.89. The van der Waals surface area contributed by atoms with E-state index < -0.39 is 5.82 Å². The van der Waals surface area contributed by atoms with Gasteiger partial charge in [0.25, 0.3) is 0 Å². The highest BCUT2D eigenvalue weighted by Gasteiger charge is 2.10. The Morgan fingerprint density at radius 1 is 1.53 bits per heavy atom. The molecule has 0 atom stereocenters. The Morgan fingerprint density at radius 2 is 2.32 bits per heavy atom. The molecule has 98 valence electrons. The van der Waals surface area contributed by atoms with E-state index in [1.54, 1.807) is 6.07 Å². The first-order chi connectivity index (χ1) is 9.13. The Kier molecular flexibility index (Phi) is 4.02. The molecule has 0 bridgehead atoms. The van der Waals surface area contributed by atoms with Gasteiger partial charge < -0.3 is 0 Å². The number of aromatic nitrogens is 3. The highest BCUT2D eigenvalue weighted by molar-refractivity contribution is 7.99. The summed E-state index contributed by atoms with van der Waals surface area (Å²) in [6.45, 7) is 2.49. The number of nitrogens with one attached hydrogen (secondary N) is 1. The summed E-state index contributed by atoms with van der Waals surface area (Å²) >= 11 is 1.15. The van der Waals surface area contributed by atoms with Crippen molar-refractivity contribution in [3.05, 3.63) is 40.1 Å². The molecule has 0 spiro atoms. The normalized spacial score (nSPS) is 10.4. The fourth-order valence-electron chi connectivity index (χ4n) is 1.59. The summed E-state index contributed by atoms with van der Waals surface area (Å²) in [5.74, 6) is -0.485. The van der Waals surface area contributed by atoms with E-state index in [0.717, 1.165) is 24.2 Å². The highest BCUT2D eigenvalue weighted by atomic mass is 32.2. The zero-order valence-electron chi connectivity index (χ0n) is 10.2. The maximum Gasteiger partial charge on any atom is 0.343 e. The topological polar surface area (TPSA) is 74.5 Å². The molecular weight excluding hydrogens is 267 g/mol. The number of benzene rings is 1. The van der Waals surface area contributed by atoms with Crippen LogP contribution in [0.25, 0.3) is 0 Å². The maximum atomic E-state index is 13.3. The summed E-state index contributed by atoms with van der Waals surface area (Å²) in [7, 11) is 0. The summed E-state index contributed by atoms with van der Waals surface area (Å²) in [6, 6.07) is 5.91. The van der Waals surface area contributed by atoms with Crippen LogP contribution in [0.5, 0.6) is 0 Å². The third kappa shape index (κ3) is 3.03. The van der Waals surface area contributed by atoms with Crippen LogP contribution in [0, 0.1) is 17.1 Å². The van der Waals surface area contributed by atoms with E-state index >= 15 is 0 Å². The summed E-state index contributed by atoms with van der Waals surface area (Å²) in [5.41, 5.74) is -0.0521. The Labute approximate surface area is 113 Å². The van der Waals surface area contributed by atoms with Crippen LogP contribution in [0.2, 0.25) is 0 Å². The molecule has 2 aromatic rings. The van der Waals surface area contributed by atoms with Gasteiger partial charge in [0.15, 0.2) is 5.16 Å². The van der Waals surface area contributed by atoms with Crippen molar-refractivity contribution in [3.63, 3.8) is 0 Å².